The number of ketones is 2. The molecule has 35 heavy (non-hydrogen) atoms. The Morgan fingerprint density at radius 3 is 2.43 bits per heavy atom. The largest absolute Gasteiger partial charge is 0.300 e. The highest BCUT2D eigenvalue weighted by Gasteiger charge is 2.18. The number of nitrogens with zero attached hydrogens (tertiary/aromatic N) is 1. The predicted octanol–water partition coefficient (Wildman–Crippen LogP) is 8.58. The summed E-state index contributed by atoms with van der Waals surface area (Å²) in [5, 5.41) is 2.94. The second-order valence-electron chi connectivity index (χ2n) is 9.18. The molecular formula is C30H36FNO2S. The van der Waals surface area contributed by atoms with Crippen molar-refractivity contribution in [2.45, 2.75) is 84.0 Å². The third-order valence-corrected chi connectivity index (χ3v) is 7.38. The van der Waals surface area contributed by atoms with E-state index in [0.29, 0.717) is 43.1 Å². The van der Waals surface area contributed by atoms with Crippen LogP contribution in [0.5, 0.6) is 0 Å². The van der Waals surface area contributed by atoms with Gasteiger partial charge in [0.1, 0.15) is 17.3 Å². The zero-order chi connectivity index (χ0) is 25.0. The van der Waals surface area contributed by atoms with Gasteiger partial charge in [-0.3, -0.25) is 9.59 Å². The molecule has 1 heterocycles. The van der Waals surface area contributed by atoms with Gasteiger partial charge in [0, 0.05) is 30.6 Å². The Morgan fingerprint density at radius 2 is 1.69 bits per heavy atom. The Kier molecular flexibility index (Phi) is 10.8. The van der Waals surface area contributed by atoms with Crippen LogP contribution in [-0.4, -0.2) is 16.6 Å². The van der Waals surface area contributed by atoms with Crippen LogP contribution in [0, 0.1) is 5.82 Å². The van der Waals surface area contributed by atoms with Gasteiger partial charge in [-0.05, 0) is 60.9 Å². The molecule has 3 nitrogen and oxygen atoms in total. The predicted molar refractivity (Wildman–Crippen MR) is 143 cm³/mol. The number of hydrogen-bond acceptors (Lipinski definition) is 4. The van der Waals surface area contributed by atoms with Crippen molar-refractivity contribution in [3.05, 3.63) is 76.0 Å². The van der Waals surface area contributed by atoms with Crippen molar-refractivity contribution < 1.29 is 14.0 Å². The maximum absolute atomic E-state index is 13.3. The molecule has 1 aromatic heterocycles. The van der Waals surface area contributed by atoms with E-state index in [9.17, 15) is 14.0 Å². The summed E-state index contributed by atoms with van der Waals surface area (Å²) in [6.07, 6.45) is 8.37. The number of halogens is 1. The minimum atomic E-state index is -0.257. The van der Waals surface area contributed by atoms with Gasteiger partial charge in [-0.25, -0.2) is 9.37 Å². The van der Waals surface area contributed by atoms with Crippen LogP contribution < -0.4 is 0 Å². The molecule has 1 atom stereocenters. The Morgan fingerprint density at radius 1 is 0.914 bits per heavy atom. The molecule has 2 aromatic carbocycles. The van der Waals surface area contributed by atoms with Gasteiger partial charge in [0.25, 0.3) is 0 Å². The molecule has 0 aliphatic heterocycles. The van der Waals surface area contributed by atoms with Crippen LogP contribution in [0.3, 0.4) is 0 Å². The summed E-state index contributed by atoms with van der Waals surface area (Å²) in [4.78, 5) is 29.5. The number of Topliss-reactive ketones (excluding diaryl/α,β-unsaturated/α-hetero) is 2. The first-order valence-corrected chi connectivity index (χ1v) is 13.7. The molecule has 3 aromatic rings. The molecule has 0 bridgehead atoms. The lowest BCUT2D eigenvalue weighted by molar-refractivity contribution is -0.119. The third kappa shape index (κ3) is 8.21. The first-order valence-electron chi connectivity index (χ1n) is 12.9. The van der Waals surface area contributed by atoms with Gasteiger partial charge in [-0.15, -0.1) is 11.3 Å². The van der Waals surface area contributed by atoms with Gasteiger partial charge in [-0.1, -0.05) is 63.1 Å². The number of carbonyl (C=O) groups excluding carboxylic acids is 2. The molecule has 5 heteroatoms. The highest BCUT2D eigenvalue weighted by molar-refractivity contribution is 7.09. The summed E-state index contributed by atoms with van der Waals surface area (Å²) in [6, 6.07) is 14.4. The van der Waals surface area contributed by atoms with Gasteiger partial charge in [0.15, 0.2) is 5.78 Å². The lowest BCUT2D eigenvalue weighted by Crippen LogP contribution is -2.05. The molecule has 0 saturated heterocycles. The zero-order valence-corrected chi connectivity index (χ0v) is 21.7. The molecule has 0 fully saturated rings. The van der Waals surface area contributed by atoms with Crippen molar-refractivity contribution in [2.75, 3.05) is 0 Å². The fourth-order valence-electron chi connectivity index (χ4n) is 4.49. The van der Waals surface area contributed by atoms with E-state index >= 15 is 0 Å². The van der Waals surface area contributed by atoms with Crippen LogP contribution in [-0.2, 0) is 11.2 Å². The van der Waals surface area contributed by atoms with Crippen LogP contribution in [0.2, 0.25) is 0 Å². The molecule has 0 saturated carbocycles. The first-order chi connectivity index (χ1) is 17.0. The molecular weight excluding hydrogens is 457 g/mol. The van der Waals surface area contributed by atoms with Crippen molar-refractivity contribution in [3.63, 3.8) is 0 Å². The molecule has 0 spiro atoms. The summed E-state index contributed by atoms with van der Waals surface area (Å²) in [6.45, 7) is 4.22. The Bertz CT molecular complexity index is 1090. The van der Waals surface area contributed by atoms with Crippen molar-refractivity contribution >= 4 is 22.9 Å². The molecule has 1 unspecified atom stereocenters. The third-order valence-electron chi connectivity index (χ3n) is 6.38. The SMILES string of the molecule is CCCC(=O)CCCCC(CCC)c1nc(C(=O)CCc2ccccc2-c2ccc(F)cc2)cs1. The summed E-state index contributed by atoms with van der Waals surface area (Å²) >= 11 is 1.59. The molecule has 3 rings (SSSR count). The fourth-order valence-corrected chi connectivity index (χ4v) is 5.48. The van der Waals surface area contributed by atoms with Gasteiger partial charge in [-0.2, -0.15) is 0 Å². The van der Waals surface area contributed by atoms with Gasteiger partial charge in [0.05, 0.1) is 5.01 Å². The van der Waals surface area contributed by atoms with Crippen LogP contribution in [0.15, 0.2) is 53.9 Å². The summed E-state index contributed by atoms with van der Waals surface area (Å²) in [5.74, 6) is 0.517. The molecule has 0 amide bonds. The topological polar surface area (TPSA) is 47.0 Å². The Hall–Kier alpha value is -2.66. The smallest absolute Gasteiger partial charge is 0.182 e. The van der Waals surface area contributed by atoms with E-state index in [1.807, 2.05) is 36.6 Å². The summed E-state index contributed by atoms with van der Waals surface area (Å²) < 4.78 is 13.3. The second kappa shape index (κ2) is 14.0. The van der Waals surface area contributed by atoms with Crippen molar-refractivity contribution in [2.24, 2.45) is 0 Å². The first kappa shape index (κ1) is 26.9. The lowest BCUT2D eigenvalue weighted by Gasteiger charge is -2.13. The monoisotopic (exact) mass is 493 g/mol. The van der Waals surface area contributed by atoms with Crippen molar-refractivity contribution in [3.8, 4) is 11.1 Å². The minimum absolute atomic E-state index is 0.0572. The highest BCUT2D eigenvalue weighted by Crippen LogP contribution is 2.31. The van der Waals surface area contributed by atoms with Crippen molar-refractivity contribution in [1.29, 1.82) is 0 Å². The number of benzene rings is 2. The average molecular weight is 494 g/mol. The average Bonchev–Trinajstić information content (AvgIpc) is 3.36. The quantitative estimate of drug-likeness (QED) is 0.157. The van der Waals surface area contributed by atoms with E-state index in [2.05, 4.69) is 6.92 Å². The lowest BCUT2D eigenvalue weighted by atomic mass is 9.95. The van der Waals surface area contributed by atoms with Gasteiger partial charge >= 0.3 is 0 Å². The number of aryl methyl sites for hydroxylation is 1. The zero-order valence-electron chi connectivity index (χ0n) is 20.9. The van der Waals surface area contributed by atoms with E-state index in [1.165, 1.54) is 12.1 Å². The van der Waals surface area contributed by atoms with Crippen LogP contribution in [0.25, 0.3) is 11.1 Å². The fraction of sp³-hybridized carbons (Fsp3) is 0.433. The summed E-state index contributed by atoms with van der Waals surface area (Å²) in [5.41, 5.74) is 3.61. The Labute approximate surface area is 212 Å². The van der Waals surface area contributed by atoms with E-state index in [1.54, 1.807) is 23.5 Å². The molecule has 0 aliphatic carbocycles. The maximum Gasteiger partial charge on any atom is 0.182 e. The molecule has 0 N–H and O–H groups in total. The maximum atomic E-state index is 13.3. The number of hydrogen-bond donors (Lipinski definition) is 0. The standard InChI is InChI=1S/C30H36FNO2S/c1-3-9-24(12-5-7-13-26(33)10-4-2)30-32-28(21-35-30)29(34)20-17-22-11-6-8-14-27(22)23-15-18-25(31)19-16-23/h6,8,11,14-16,18-19,21,24H,3-5,7,9-10,12-13,17,20H2,1-2H3. The van der Waals surface area contributed by atoms with E-state index in [4.69, 9.17) is 4.98 Å². The number of unbranched alkanes of at least 4 members (excludes halogenated alkanes) is 1. The minimum Gasteiger partial charge on any atom is -0.300 e. The number of thiazole rings is 1. The molecule has 0 radical (unpaired) electrons. The Balaban J connectivity index is 1.58. The number of aromatic nitrogens is 1. The summed E-state index contributed by atoms with van der Waals surface area (Å²) in [7, 11) is 0. The van der Waals surface area contributed by atoms with E-state index in [-0.39, 0.29) is 11.6 Å². The second-order valence-corrected chi connectivity index (χ2v) is 10.1. The number of rotatable bonds is 15. The van der Waals surface area contributed by atoms with Gasteiger partial charge in [0.2, 0.25) is 0 Å². The molecule has 186 valence electrons. The molecule has 0 aliphatic rings. The number of carbonyl (C=O) groups is 2. The van der Waals surface area contributed by atoms with Crippen LogP contribution in [0.4, 0.5) is 4.39 Å². The van der Waals surface area contributed by atoms with E-state index in [0.717, 1.165) is 60.2 Å². The highest BCUT2D eigenvalue weighted by atomic mass is 32.1. The normalized spacial score (nSPS) is 12.0. The van der Waals surface area contributed by atoms with Crippen molar-refractivity contribution in [1.82, 2.24) is 4.98 Å². The van der Waals surface area contributed by atoms with Crippen LogP contribution >= 0.6 is 11.3 Å². The van der Waals surface area contributed by atoms with E-state index < -0.39 is 0 Å². The van der Waals surface area contributed by atoms with Crippen LogP contribution in [0.1, 0.15) is 98.6 Å². The van der Waals surface area contributed by atoms with Gasteiger partial charge < -0.3 is 0 Å².